The van der Waals surface area contributed by atoms with Gasteiger partial charge in [0.15, 0.2) is 5.58 Å². The highest BCUT2D eigenvalue weighted by Gasteiger charge is 2.32. The summed E-state index contributed by atoms with van der Waals surface area (Å²) < 4.78 is 5.50. The molecule has 1 atom stereocenters. The van der Waals surface area contributed by atoms with Gasteiger partial charge >= 0.3 is 0 Å². The first-order chi connectivity index (χ1) is 9.54. The van der Waals surface area contributed by atoms with Gasteiger partial charge in [0.25, 0.3) is 11.9 Å². The highest BCUT2D eigenvalue weighted by Crippen LogP contribution is 2.23. The molecule has 0 saturated carbocycles. The lowest BCUT2D eigenvalue weighted by Crippen LogP contribution is -2.48. The molecule has 1 saturated heterocycles. The first-order valence-electron chi connectivity index (χ1n) is 6.27. The van der Waals surface area contributed by atoms with Crippen LogP contribution in [-0.2, 0) is 9.59 Å². The molecule has 7 nitrogen and oxygen atoms in total. The lowest BCUT2D eigenvalue weighted by molar-refractivity contribution is -0.146. The van der Waals surface area contributed by atoms with Crippen LogP contribution < -0.4 is 11.1 Å². The molecule has 3 N–H and O–H groups in total. The fraction of sp³-hybridized carbons (Fsp3) is 0.308. The zero-order chi connectivity index (χ0) is 14.3. The quantitative estimate of drug-likeness (QED) is 0.625. The molecule has 1 unspecified atom stereocenters. The predicted molar refractivity (Wildman–Crippen MR) is 72.8 cm³/mol. The number of carbonyl (C=O) groups excluding carboxylic acids is 2. The second-order valence-corrected chi connectivity index (χ2v) is 4.77. The zero-order valence-electron chi connectivity index (χ0n) is 10.9. The minimum absolute atomic E-state index is 0.168. The smallest absolute Gasteiger partial charge is 0.296 e. The fourth-order valence-electron chi connectivity index (χ4n) is 2.20. The highest BCUT2D eigenvalue weighted by molar-refractivity contribution is 6.01. The molecule has 0 bridgehead atoms. The van der Waals surface area contributed by atoms with Gasteiger partial charge in [0.1, 0.15) is 11.6 Å². The van der Waals surface area contributed by atoms with Crippen molar-refractivity contribution in [1.82, 2.24) is 9.88 Å². The standard InChI is InChI=1S/C13H14N4O3/c1-17-11(18)5-3-8(12(17)19)15-13-16-9-6-7(14)2-4-10(9)20-13/h2,4,6,8H,3,5,14H2,1H3,(H,15,16). The average molecular weight is 274 g/mol. The number of nitrogens with one attached hydrogen (secondary N) is 1. The van der Waals surface area contributed by atoms with Crippen molar-refractivity contribution in [1.29, 1.82) is 0 Å². The Labute approximate surface area is 114 Å². The van der Waals surface area contributed by atoms with Crippen molar-refractivity contribution in [3.63, 3.8) is 0 Å². The highest BCUT2D eigenvalue weighted by atomic mass is 16.4. The molecule has 2 heterocycles. The summed E-state index contributed by atoms with van der Waals surface area (Å²) in [5.41, 5.74) is 7.48. The number of oxazole rings is 1. The van der Waals surface area contributed by atoms with Crippen molar-refractivity contribution < 1.29 is 14.0 Å². The van der Waals surface area contributed by atoms with Crippen LogP contribution in [0.5, 0.6) is 0 Å². The molecule has 104 valence electrons. The largest absolute Gasteiger partial charge is 0.424 e. The van der Waals surface area contributed by atoms with Crippen LogP contribution in [0.25, 0.3) is 11.1 Å². The molecule has 1 aliphatic heterocycles. The molecule has 1 aromatic heterocycles. The molecule has 7 heteroatoms. The van der Waals surface area contributed by atoms with Crippen LogP contribution in [0.4, 0.5) is 11.7 Å². The van der Waals surface area contributed by atoms with Gasteiger partial charge < -0.3 is 15.5 Å². The Hall–Kier alpha value is -2.57. The number of benzene rings is 1. The lowest BCUT2D eigenvalue weighted by atomic mass is 10.1. The molecule has 1 fully saturated rings. The molecule has 2 amide bonds. The molecule has 1 aliphatic rings. The third-order valence-electron chi connectivity index (χ3n) is 3.36. The van der Waals surface area contributed by atoms with E-state index in [0.29, 0.717) is 29.6 Å². The molecule has 2 aromatic rings. The van der Waals surface area contributed by atoms with Gasteiger partial charge in [-0.05, 0) is 24.6 Å². The molecule has 0 spiro atoms. The van der Waals surface area contributed by atoms with Crippen LogP contribution in [0.15, 0.2) is 22.6 Å². The van der Waals surface area contributed by atoms with Gasteiger partial charge in [-0.25, -0.2) is 0 Å². The van der Waals surface area contributed by atoms with E-state index in [4.69, 9.17) is 10.2 Å². The first-order valence-corrected chi connectivity index (χ1v) is 6.27. The number of piperidine rings is 1. The van der Waals surface area contributed by atoms with Gasteiger partial charge in [0.05, 0.1) is 0 Å². The molecule has 0 aliphatic carbocycles. The van der Waals surface area contributed by atoms with Gasteiger partial charge in [-0.2, -0.15) is 4.98 Å². The van der Waals surface area contributed by atoms with E-state index < -0.39 is 6.04 Å². The Morgan fingerprint density at radius 2 is 2.25 bits per heavy atom. The summed E-state index contributed by atoms with van der Waals surface area (Å²) in [4.78, 5) is 28.7. The van der Waals surface area contributed by atoms with Gasteiger partial charge in [-0.15, -0.1) is 0 Å². The first kappa shape index (κ1) is 12.5. The Morgan fingerprint density at radius 3 is 3.05 bits per heavy atom. The number of nitrogen functional groups attached to an aromatic ring is 1. The monoisotopic (exact) mass is 274 g/mol. The number of amides is 2. The zero-order valence-corrected chi connectivity index (χ0v) is 10.9. The number of hydrogen-bond acceptors (Lipinski definition) is 6. The van der Waals surface area contributed by atoms with Crippen LogP contribution in [0.1, 0.15) is 12.8 Å². The van der Waals surface area contributed by atoms with Gasteiger partial charge in [-0.3, -0.25) is 14.5 Å². The van der Waals surface area contributed by atoms with Crippen molar-refractivity contribution >= 4 is 34.6 Å². The number of rotatable bonds is 2. The second-order valence-electron chi connectivity index (χ2n) is 4.77. The average Bonchev–Trinajstić information content (AvgIpc) is 2.81. The number of anilines is 2. The summed E-state index contributed by atoms with van der Waals surface area (Å²) in [6, 6.07) is 4.90. The summed E-state index contributed by atoms with van der Waals surface area (Å²) in [7, 11) is 1.48. The van der Waals surface area contributed by atoms with Crippen molar-refractivity contribution in [3.05, 3.63) is 18.2 Å². The molecule has 3 rings (SSSR count). The maximum atomic E-state index is 12.0. The van der Waals surface area contributed by atoms with E-state index >= 15 is 0 Å². The Kier molecular flexibility index (Phi) is 2.81. The Bertz CT molecular complexity index is 694. The lowest BCUT2D eigenvalue weighted by Gasteiger charge is -2.27. The third-order valence-corrected chi connectivity index (χ3v) is 3.36. The van der Waals surface area contributed by atoms with Crippen LogP contribution >= 0.6 is 0 Å². The summed E-state index contributed by atoms with van der Waals surface area (Å²) in [6.45, 7) is 0. The number of carbonyl (C=O) groups is 2. The second kappa shape index (κ2) is 4.52. The number of nitrogens with two attached hydrogens (primary N) is 1. The topological polar surface area (TPSA) is 101 Å². The predicted octanol–water partition coefficient (Wildman–Crippen LogP) is 0.969. The Morgan fingerprint density at radius 1 is 1.45 bits per heavy atom. The minimum Gasteiger partial charge on any atom is -0.424 e. The van der Waals surface area contributed by atoms with Crippen LogP contribution in [0.3, 0.4) is 0 Å². The summed E-state index contributed by atoms with van der Waals surface area (Å²) in [5.74, 6) is -0.443. The number of likely N-dealkylation sites (N-methyl/N-ethyl adjacent to an activating group) is 1. The number of hydrogen-bond donors (Lipinski definition) is 2. The Balaban J connectivity index is 1.82. The number of aromatic nitrogens is 1. The van der Waals surface area contributed by atoms with Gasteiger partial charge in [0, 0.05) is 19.2 Å². The number of likely N-dealkylation sites (tertiary alicyclic amines) is 1. The molecule has 0 radical (unpaired) electrons. The van der Waals surface area contributed by atoms with Crippen LogP contribution in [0, 0.1) is 0 Å². The summed E-state index contributed by atoms with van der Waals surface area (Å²) >= 11 is 0. The van der Waals surface area contributed by atoms with Gasteiger partial charge in [-0.1, -0.05) is 0 Å². The third kappa shape index (κ3) is 2.07. The van der Waals surface area contributed by atoms with E-state index in [0.717, 1.165) is 4.90 Å². The van der Waals surface area contributed by atoms with Crippen molar-refractivity contribution in [2.75, 3.05) is 18.1 Å². The summed E-state index contributed by atoms with van der Waals surface area (Å²) in [6.07, 6.45) is 0.760. The van der Waals surface area contributed by atoms with E-state index in [9.17, 15) is 9.59 Å². The number of fused-ring (bicyclic) bond motifs is 1. The van der Waals surface area contributed by atoms with E-state index in [-0.39, 0.29) is 17.8 Å². The maximum Gasteiger partial charge on any atom is 0.296 e. The van der Waals surface area contributed by atoms with E-state index in [1.165, 1.54) is 7.05 Å². The minimum atomic E-state index is -0.497. The fourth-order valence-corrected chi connectivity index (χ4v) is 2.20. The normalized spacial score (nSPS) is 19.6. The molecule has 20 heavy (non-hydrogen) atoms. The van der Waals surface area contributed by atoms with E-state index in [2.05, 4.69) is 10.3 Å². The number of imide groups is 1. The summed E-state index contributed by atoms with van der Waals surface area (Å²) in [5, 5.41) is 2.93. The molecule has 1 aromatic carbocycles. The number of nitrogens with zero attached hydrogens (tertiary/aromatic N) is 2. The van der Waals surface area contributed by atoms with Gasteiger partial charge in [0.2, 0.25) is 5.91 Å². The van der Waals surface area contributed by atoms with Crippen LogP contribution in [-0.4, -0.2) is 34.8 Å². The maximum absolute atomic E-state index is 12.0. The van der Waals surface area contributed by atoms with Crippen molar-refractivity contribution in [2.45, 2.75) is 18.9 Å². The molecular formula is C13H14N4O3. The SMILES string of the molecule is CN1C(=O)CCC(Nc2nc3cc(N)ccc3o2)C1=O. The van der Waals surface area contributed by atoms with E-state index in [1.807, 2.05) is 0 Å². The van der Waals surface area contributed by atoms with Crippen molar-refractivity contribution in [3.8, 4) is 0 Å². The van der Waals surface area contributed by atoms with Crippen molar-refractivity contribution in [2.24, 2.45) is 0 Å². The molecular weight excluding hydrogens is 260 g/mol. The van der Waals surface area contributed by atoms with E-state index in [1.54, 1.807) is 18.2 Å². The van der Waals surface area contributed by atoms with Crippen LogP contribution in [0.2, 0.25) is 0 Å².